The standard InChI is InChI=1S/C17H28N2O/c1-3-10-19-11-6-8-16(13-19)14(2)18-12-15-7-4-5-9-17(15)20/h4-5,7,9,14,16,18,20H,3,6,8,10-13H2,1-2H3. The molecule has 1 aromatic carbocycles. The van der Waals surface area contributed by atoms with Crippen molar-refractivity contribution in [2.75, 3.05) is 19.6 Å². The second-order valence-electron chi connectivity index (χ2n) is 6.00. The maximum atomic E-state index is 9.80. The highest BCUT2D eigenvalue weighted by atomic mass is 16.3. The molecule has 0 radical (unpaired) electrons. The molecule has 3 heteroatoms. The molecule has 0 aromatic heterocycles. The Labute approximate surface area is 123 Å². The molecule has 1 aliphatic rings. The van der Waals surface area contributed by atoms with Gasteiger partial charge >= 0.3 is 0 Å². The molecule has 1 saturated heterocycles. The maximum absolute atomic E-state index is 9.80. The van der Waals surface area contributed by atoms with E-state index in [0.717, 1.165) is 18.0 Å². The van der Waals surface area contributed by atoms with E-state index in [2.05, 4.69) is 24.1 Å². The van der Waals surface area contributed by atoms with Crippen LogP contribution in [-0.4, -0.2) is 35.7 Å². The Hall–Kier alpha value is -1.06. The normalized spacial score (nSPS) is 21.8. The summed E-state index contributed by atoms with van der Waals surface area (Å²) in [7, 11) is 0. The van der Waals surface area contributed by atoms with E-state index in [-0.39, 0.29) is 0 Å². The lowest BCUT2D eigenvalue weighted by atomic mass is 9.91. The summed E-state index contributed by atoms with van der Waals surface area (Å²) in [6.45, 7) is 8.98. The highest BCUT2D eigenvalue weighted by Crippen LogP contribution is 2.21. The van der Waals surface area contributed by atoms with Crippen LogP contribution in [0, 0.1) is 5.92 Å². The van der Waals surface area contributed by atoms with Gasteiger partial charge in [0.1, 0.15) is 5.75 Å². The van der Waals surface area contributed by atoms with Gasteiger partial charge in [0, 0.05) is 24.7 Å². The molecule has 1 heterocycles. The van der Waals surface area contributed by atoms with Crippen LogP contribution in [0.1, 0.15) is 38.7 Å². The van der Waals surface area contributed by atoms with Gasteiger partial charge in [0.05, 0.1) is 0 Å². The van der Waals surface area contributed by atoms with Crippen LogP contribution in [0.4, 0.5) is 0 Å². The topological polar surface area (TPSA) is 35.5 Å². The number of piperidine rings is 1. The first-order valence-electron chi connectivity index (χ1n) is 7.93. The Morgan fingerprint density at radius 3 is 2.95 bits per heavy atom. The first kappa shape index (κ1) is 15.3. The van der Waals surface area contributed by atoms with E-state index in [9.17, 15) is 5.11 Å². The van der Waals surface area contributed by atoms with Crippen molar-refractivity contribution in [1.29, 1.82) is 0 Å². The van der Waals surface area contributed by atoms with Crippen LogP contribution >= 0.6 is 0 Å². The van der Waals surface area contributed by atoms with Crippen molar-refractivity contribution in [3.05, 3.63) is 29.8 Å². The van der Waals surface area contributed by atoms with E-state index in [4.69, 9.17) is 0 Å². The average Bonchev–Trinajstić information content (AvgIpc) is 2.47. The number of rotatable bonds is 6. The van der Waals surface area contributed by atoms with Gasteiger partial charge in [0.15, 0.2) is 0 Å². The molecule has 20 heavy (non-hydrogen) atoms. The quantitative estimate of drug-likeness (QED) is 0.838. The smallest absolute Gasteiger partial charge is 0.120 e. The molecule has 1 fully saturated rings. The molecular formula is C17H28N2O. The van der Waals surface area contributed by atoms with Gasteiger partial charge in [0.2, 0.25) is 0 Å². The monoisotopic (exact) mass is 276 g/mol. The summed E-state index contributed by atoms with van der Waals surface area (Å²) in [5.41, 5.74) is 0.987. The van der Waals surface area contributed by atoms with Crippen molar-refractivity contribution in [3.63, 3.8) is 0 Å². The third-order valence-electron chi connectivity index (χ3n) is 4.40. The molecule has 1 aliphatic heterocycles. The SMILES string of the molecule is CCCN1CCCC(C(C)NCc2ccccc2O)C1. The van der Waals surface area contributed by atoms with E-state index < -0.39 is 0 Å². The van der Waals surface area contributed by atoms with Crippen molar-refractivity contribution in [2.24, 2.45) is 5.92 Å². The predicted octanol–water partition coefficient (Wildman–Crippen LogP) is 2.99. The van der Waals surface area contributed by atoms with E-state index in [1.807, 2.05) is 18.2 Å². The Morgan fingerprint density at radius 1 is 1.40 bits per heavy atom. The minimum absolute atomic E-state index is 0.392. The summed E-state index contributed by atoms with van der Waals surface area (Å²) in [6, 6.07) is 8.08. The lowest BCUT2D eigenvalue weighted by molar-refractivity contribution is 0.150. The average molecular weight is 276 g/mol. The molecule has 0 spiro atoms. The summed E-state index contributed by atoms with van der Waals surface area (Å²) < 4.78 is 0. The molecule has 0 saturated carbocycles. The van der Waals surface area contributed by atoms with Crippen molar-refractivity contribution >= 4 is 0 Å². The zero-order chi connectivity index (χ0) is 14.4. The van der Waals surface area contributed by atoms with Gasteiger partial charge in [-0.3, -0.25) is 0 Å². The fourth-order valence-electron chi connectivity index (χ4n) is 3.12. The van der Waals surface area contributed by atoms with Crippen LogP contribution in [0.15, 0.2) is 24.3 Å². The fraction of sp³-hybridized carbons (Fsp3) is 0.647. The second kappa shape index (κ2) is 7.65. The third-order valence-corrected chi connectivity index (χ3v) is 4.40. The van der Waals surface area contributed by atoms with Crippen LogP contribution in [0.3, 0.4) is 0 Å². The molecule has 2 N–H and O–H groups in total. The second-order valence-corrected chi connectivity index (χ2v) is 6.00. The zero-order valence-corrected chi connectivity index (χ0v) is 12.8. The number of phenolic OH excluding ortho intramolecular Hbond substituents is 1. The van der Waals surface area contributed by atoms with Crippen molar-refractivity contribution in [1.82, 2.24) is 10.2 Å². The highest BCUT2D eigenvalue weighted by molar-refractivity contribution is 5.31. The summed E-state index contributed by atoms with van der Waals surface area (Å²) in [6.07, 6.45) is 3.87. The molecule has 0 aliphatic carbocycles. The maximum Gasteiger partial charge on any atom is 0.120 e. The van der Waals surface area contributed by atoms with E-state index >= 15 is 0 Å². The minimum atomic E-state index is 0.392. The van der Waals surface area contributed by atoms with Gasteiger partial charge in [-0.15, -0.1) is 0 Å². The van der Waals surface area contributed by atoms with E-state index in [1.54, 1.807) is 6.07 Å². The Balaban J connectivity index is 1.82. The zero-order valence-electron chi connectivity index (χ0n) is 12.8. The molecule has 2 atom stereocenters. The Kier molecular flexibility index (Phi) is 5.86. The lowest BCUT2D eigenvalue weighted by Crippen LogP contribution is -2.44. The Morgan fingerprint density at radius 2 is 2.20 bits per heavy atom. The van der Waals surface area contributed by atoms with E-state index in [0.29, 0.717) is 11.8 Å². The number of phenols is 1. The molecule has 2 rings (SSSR count). The number of nitrogens with zero attached hydrogens (tertiary/aromatic N) is 1. The number of benzene rings is 1. The van der Waals surface area contributed by atoms with Crippen molar-refractivity contribution in [2.45, 2.75) is 45.7 Å². The third kappa shape index (κ3) is 4.22. The molecule has 2 unspecified atom stereocenters. The number of nitrogens with one attached hydrogen (secondary N) is 1. The largest absolute Gasteiger partial charge is 0.508 e. The fourth-order valence-corrected chi connectivity index (χ4v) is 3.12. The minimum Gasteiger partial charge on any atom is -0.508 e. The molecule has 112 valence electrons. The van der Waals surface area contributed by atoms with Gasteiger partial charge in [-0.05, 0) is 51.3 Å². The van der Waals surface area contributed by atoms with Gasteiger partial charge in [-0.1, -0.05) is 25.1 Å². The van der Waals surface area contributed by atoms with Crippen molar-refractivity contribution in [3.8, 4) is 5.75 Å². The number of hydrogen-bond donors (Lipinski definition) is 2. The van der Waals surface area contributed by atoms with Gasteiger partial charge < -0.3 is 15.3 Å². The number of para-hydroxylation sites is 1. The molecular weight excluding hydrogens is 248 g/mol. The van der Waals surface area contributed by atoms with Crippen LogP contribution in [0.25, 0.3) is 0 Å². The van der Waals surface area contributed by atoms with Gasteiger partial charge in [-0.25, -0.2) is 0 Å². The summed E-state index contributed by atoms with van der Waals surface area (Å²) >= 11 is 0. The van der Waals surface area contributed by atoms with Crippen LogP contribution in [0.2, 0.25) is 0 Å². The lowest BCUT2D eigenvalue weighted by Gasteiger charge is -2.36. The van der Waals surface area contributed by atoms with Gasteiger partial charge in [-0.2, -0.15) is 0 Å². The van der Waals surface area contributed by atoms with Crippen molar-refractivity contribution < 1.29 is 5.11 Å². The molecule has 1 aromatic rings. The highest BCUT2D eigenvalue weighted by Gasteiger charge is 2.23. The first-order valence-corrected chi connectivity index (χ1v) is 7.93. The van der Waals surface area contributed by atoms with E-state index in [1.165, 1.54) is 38.9 Å². The summed E-state index contributed by atoms with van der Waals surface area (Å²) in [4.78, 5) is 2.59. The number of hydrogen-bond acceptors (Lipinski definition) is 3. The number of aromatic hydroxyl groups is 1. The molecule has 0 amide bonds. The summed E-state index contributed by atoms with van der Waals surface area (Å²) in [5.74, 6) is 1.12. The molecule has 3 nitrogen and oxygen atoms in total. The molecule has 0 bridgehead atoms. The van der Waals surface area contributed by atoms with Crippen LogP contribution < -0.4 is 5.32 Å². The van der Waals surface area contributed by atoms with Crippen LogP contribution in [-0.2, 0) is 6.54 Å². The first-order chi connectivity index (χ1) is 9.70. The summed E-state index contributed by atoms with van der Waals surface area (Å²) in [5, 5.41) is 13.4. The Bertz CT molecular complexity index is 406. The number of likely N-dealkylation sites (tertiary alicyclic amines) is 1. The van der Waals surface area contributed by atoms with Gasteiger partial charge in [0.25, 0.3) is 0 Å². The predicted molar refractivity (Wildman–Crippen MR) is 83.9 cm³/mol. The van der Waals surface area contributed by atoms with Crippen LogP contribution in [0.5, 0.6) is 5.75 Å².